The Bertz CT molecular complexity index is 379. The number of carbonyl (C=O) groups is 1. The van der Waals surface area contributed by atoms with E-state index < -0.39 is 10.8 Å². The number of hydrogen-bond donors (Lipinski definition) is 2. The minimum absolute atomic E-state index is 0.0166. The number of amides is 1. The second-order valence-corrected chi connectivity index (χ2v) is 4.47. The average molecular weight is 226 g/mol. The van der Waals surface area contributed by atoms with Crippen LogP contribution < -0.4 is 11.1 Å². The van der Waals surface area contributed by atoms with Crippen molar-refractivity contribution in [3.8, 4) is 0 Å². The number of rotatable bonds is 4. The fourth-order valence-electron chi connectivity index (χ4n) is 1.11. The number of anilines is 1. The van der Waals surface area contributed by atoms with E-state index in [0.717, 1.165) is 0 Å². The summed E-state index contributed by atoms with van der Waals surface area (Å²) in [4.78, 5) is 11.8. The SMILES string of the molecule is CCNC(=O)C[S@@](=O)c1cccc(N)c1. The topological polar surface area (TPSA) is 72.2 Å². The lowest BCUT2D eigenvalue weighted by Crippen LogP contribution is -2.27. The van der Waals surface area contributed by atoms with Gasteiger partial charge in [-0.3, -0.25) is 9.00 Å². The van der Waals surface area contributed by atoms with Crippen LogP contribution in [0.3, 0.4) is 0 Å². The van der Waals surface area contributed by atoms with Gasteiger partial charge < -0.3 is 11.1 Å². The first-order chi connectivity index (χ1) is 7.13. The molecule has 0 heterocycles. The molecule has 1 aromatic carbocycles. The lowest BCUT2D eigenvalue weighted by atomic mass is 10.3. The molecule has 82 valence electrons. The molecule has 0 aliphatic heterocycles. The highest BCUT2D eigenvalue weighted by molar-refractivity contribution is 7.85. The fourth-order valence-corrected chi connectivity index (χ4v) is 2.11. The van der Waals surface area contributed by atoms with Crippen molar-refractivity contribution in [2.75, 3.05) is 18.0 Å². The van der Waals surface area contributed by atoms with E-state index in [1.54, 1.807) is 24.3 Å². The highest BCUT2D eigenvalue weighted by Gasteiger charge is 2.09. The van der Waals surface area contributed by atoms with Gasteiger partial charge in [0, 0.05) is 17.1 Å². The van der Waals surface area contributed by atoms with Gasteiger partial charge in [-0.25, -0.2) is 0 Å². The summed E-state index contributed by atoms with van der Waals surface area (Å²) in [5, 5.41) is 2.60. The van der Waals surface area contributed by atoms with Crippen LogP contribution in [0.2, 0.25) is 0 Å². The zero-order chi connectivity index (χ0) is 11.3. The maximum atomic E-state index is 11.7. The van der Waals surface area contributed by atoms with Crippen LogP contribution in [-0.4, -0.2) is 22.4 Å². The molecule has 1 amide bonds. The number of hydrogen-bond acceptors (Lipinski definition) is 3. The normalized spacial score (nSPS) is 12.1. The predicted octanol–water partition coefficient (Wildman–Crippen LogP) is 0.512. The Labute approximate surface area is 91.3 Å². The molecule has 0 spiro atoms. The molecular weight excluding hydrogens is 212 g/mol. The van der Waals surface area contributed by atoms with Crippen LogP contribution in [0.5, 0.6) is 0 Å². The Balaban J connectivity index is 2.65. The second kappa shape index (κ2) is 5.50. The van der Waals surface area contributed by atoms with Gasteiger partial charge in [0.1, 0.15) is 5.75 Å². The first-order valence-electron chi connectivity index (χ1n) is 4.64. The monoisotopic (exact) mass is 226 g/mol. The predicted molar refractivity (Wildman–Crippen MR) is 60.8 cm³/mol. The van der Waals surface area contributed by atoms with Gasteiger partial charge >= 0.3 is 0 Å². The quantitative estimate of drug-likeness (QED) is 0.735. The van der Waals surface area contributed by atoms with Crippen molar-refractivity contribution < 1.29 is 9.00 Å². The average Bonchev–Trinajstić information content (AvgIpc) is 2.18. The molecule has 0 saturated heterocycles. The summed E-state index contributed by atoms with van der Waals surface area (Å²) < 4.78 is 11.7. The van der Waals surface area contributed by atoms with Crippen molar-refractivity contribution in [2.45, 2.75) is 11.8 Å². The third kappa shape index (κ3) is 3.71. The molecule has 4 nitrogen and oxygen atoms in total. The summed E-state index contributed by atoms with van der Waals surface area (Å²) >= 11 is 0. The van der Waals surface area contributed by atoms with Gasteiger partial charge in [0.25, 0.3) is 0 Å². The van der Waals surface area contributed by atoms with Crippen LogP contribution >= 0.6 is 0 Å². The number of nitrogens with one attached hydrogen (secondary N) is 1. The fraction of sp³-hybridized carbons (Fsp3) is 0.300. The van der Waals surface area contributed by atoms with Gasteiger partial charge in [-0.2, -0.15) is 0 Å². The van der Waals surface area contributed by atoms with Gasteiger partial charge in [0.05, 0.1) is 10.8 Å². The first kappa shape index (κ1) is 11.7. The summed E-state index contributed by atoms with van der Waals surface area (Å²) in [5.74, 6) is -0.227. The van der Waals surface area contributed by atoms with Crippen LogP contribution in [-0.2, 0) is 15.6 Å². The number of nitrogen functional groups attached to an aromatic ring is 1. The van der Waals surface area contributed by atoms with Crippen LogP contribution in [0.4, 0.5) is 5.69 Å². The van der Waals surface area contributed by atoms with E-state index in [4.69, 9.17) is 5.73 Å². The van der Waals surface area contributed by atoms with E-state index in [-0.39, 0.29) is 11.7 Å². The maximum Gasteiger partial charge on any atom is 0.232 e. The zero-order valence-electron chi connectivity index (χ0n) is 8.53. The minimum atomic E-state index is -1.32. The van der Waals surface area contributed by atoms with E-state index in [1.807, 2.05) is 6.92 Å². The number of nitrogens with two attached hydrogens (primary N) is 1. The highest BCUT2D eigenvalue weighted by atomic mass is 32.2. The zero-order valence-corrected chi connectivity index (χ0v) is 9.34. The van der Waals surface area contributed by atoms with Crippen LogP contribution in [0.1, 0.15) is 6.92 Å². The molecule has 0 saturated carbocycles. The Hall–Kier alpha value is -1.36. The van der Waals surface area contributed by atoms with Gasteiger partial charge in [0.2, 0.25) is 5.91 Å². The molecule has 0 aliphatic carbocycles. The van der Waals surface area contributed by atoms with E-state index in [1.165, 1.54) is 0 Å². The Morgan fingerprint density at radius 2 is 2.27 bits per heavy atom. The van der Waals surface area contributed by atoms with E-state index in [0.29, 0.717) is 17.1 Å². The van der Waals surface area contributed by atoms with Crippen molar-refractivity contribution in [1.82, 2.24) is 5.32 Å². The number of carbonyl (C=O) groups excluding carboxylic acids is 1. The van der Waals surface area contributed by atoms with Gasteiger partial charge in [-0.15, -0.1) is 0 Å². The molecule has 15 heavy (non-hydrogen) atoms. The summed E-state index contributed by atoms with van der Waals surface area (Å²) in [7, 11) is -1.32. The van der Waals surface area contributed by atoms with Crippen molar-refractivity contribution >= 4 is 22.4 Å². The Kier molecular flexibility index (Phi) is 4.30. The lowest BCUT2D eigenvalue weighted by Gasteiger charge is -2.03. The van der Waals surface area contributed by atoms with Crippen LogP contribution in [0, 0.1) is 0 Å². The third-order valence-electron chi connectivity index (χ3n) is 1.76. The summed E-state index contributed by atoms with van der Waals surface area (Å²) in [6, 6.07) is 6.76. The van der Waals surface area contributed by atoms with Gasteiger partial charge in [-0.1, -0.05) is 6.07 Å². The molecular formula is C10H14N2O2S. The first-order valence-corrected chi connectivity index (χ1v) is 5.96. The van der Waals surface area contributed by atoms with Crippen LogP contribution in [0.15, 0.2) is 29.2 Å². The Morgan fingerprint density at radius 3 is 2.87 bits per heavy atom. The molecule has 1 rings (SSSR count). The highest BCUT2D eigenvalue weighted by Crippen LogP contribution is 2.10. The minimum Gasteiger partial charge on any atom is -0.399 e. The van der Waals surface area contributed by atoms with Crippen molar-refractivity contribution in [3.05, 3.63) is 24.3 Å². The van der Waals surface area contributed by atoms with Crippen LogP contribution in [0.25, 0.3) is 0 Å². The molecule has 3 N–H and O–H groups in total. The molecule has 0 radical (unpaired) electrons. The van der Waals surface area contributed by atoms with Gasteiger partial charge in [-0.05, 0) is 25.1 Å². The molecule has 0 fully saturated rings. The molecule has 0 bridgehead atoms. The summed E-state index contributed by atoms with van der Waals surface area (Å²) in [5.41, 5.74) is 6.10. The smallest absolute Gasteiger partial charge is 0.232 e. The maximum absolute atomic E-state index is 11.7. The van der Waals surface area contributed by atoms with Gasteiger partial charge in [0.15, 0.2) is 0 Å². The molecule has 0 unspecified atom stereocenters. The summed E-state index contributed by atoms with van der Waals surface area (Å²) in [6.45, 7) is 2.37. The van der Waals surface area contributed by atoms with E-state index in [2.05, 4.69) is 5.32 Å². The summed E-state index contributed by atoms with van der Waals surface area (Å²) in [6.07, 6.45) is 0. The molecule has 0 aromatic heterocycles. The molecule has 5 heteroatoms. The largest absolute Gasteiger partial charge is 0.399 e. The van der Waals surface area contributed by atoms with Crippen molar-refractivity contribution in [2.24, 2.45) is 0 Å². The lowest BCUT2D eigenvalue weighted by molar-refractivity contribution is -0.118. The molecule has 1 aromatic rings. The molecule has 0 aliphatic rings. The van der Waals surface area contributed by atoms with Crippen molar-refractivity contribution in [1.29, 1.82) is 0 Å². The number of benzene rings is 1. The van der Waals surface area contributed by atoms with E-state index in [9.17, 15) is 9.00 Å². The molecule has 1 atom stereocenters. The standard InChI is InChI=1S/C10H14N2O2S/c1-2-12-10(13)7-15(14)9-5-3-4-8(11)6-9/h3-6H,2,7,11H2,1H3,(H,12,13)/t15-/m1/s1. The third-order valence-corrected chi connectivity index (χ3v) is 3.06. The Morgan fingerprint density at radius 1 is 1.53 bits per heavy atom. The van der Waals surface area contributed by atoms with E-state index >= 15 is 0 Å². The second-order valence-electron chi connectivity index (χ2n) is 3.02. The van der Waals surface area contributed by atoms with Crippen molar-refractivity contribution in [3.63, 3.8) is 0 Å².